The molecule has 0 aliphatic carbocycles. The summed E-state index contributed by atoms with van der Waals surface area (Å²) in [5.74, 6) is -0.197. The predicted octanol–water partition coefficient (Wildman–Crippen LogP) is 1.41. The zero-order valence-corrected chi connectivity index (χ0v) is 12.8. The van der Waals surface area contributed by atoms with Crippen molar-refractivity contribution in [1.82, 2.24) is 10.2 Å². The number of amides is 2. The Bertz CT molecular complexity index is 510. The van der Waals surface area contributed by atoms with Crippen LogP contribution in [0.15, 0.2) is 22.7 Å². The number of carbonyl (C=O) groups is 2. The van der Waals surface area contributed by atoms with Crippen LogP contribution in [0.2, 0.25) is 0 Å². The van der Waals surface area contributed by atoms with Crippen molar-refractivity contribution in [2.45, 2.75) is 12.5 Å². The Balaban J connectivity index is 0.00000180. The fraction of sp³-hybridized carbons (Fsp3) is 0.333. The lowest BCUT2D eigenvalue weighted by molar-refractivity contribution is -0.126. The molecule has 3 N–H and O–H groups in total. The molecule has 2 rings (SSSR count). The van der Waals surface area contributed by atoms with E-state index >= 15 is 0 Å². The van der Waals surface area contributed by atoms with Crippen LogP contribution in [0.3, 0.4) is 0 Å². The second-order valence-electron chi connectivity index (χ2n) is 4.38. The van der Waals surface area contributed by atoms with Crippen molar-refractivity contribution in [1.29, 1.82) is 0 Å². The molecular formula is C12H15BrClN3O2. The molecule has 1 heterocycles. The molecule has 19 heavy (non-hydrogen) atoms. The first kappa shape index (κ1) is 15.8. The molecule has 1 fully saturated rings. The Hall–Kier alpha value is -1.27. The highest BCUT2D eigenvalue weighted by Gasteiger charge is 2.28. The largest absolute Gasteiger partial charge is 0.398 e. The molecule has 0 bridgehead atoms. The Labute approximate surface area is 126 Å². The highest BCUT2D eigenvalue weighted by Crippen LogP contribution is 2.19. The number of hydrogen-bond donors (Lipinski definition) is 2. The summed E-state index contributed by atoms with van der Waals surface area (Å²) in [5, 5.41) is 2.82. The Morgan fingerprint density at radius 3 is 2.74 bits per heavy atom. The van der Waals surface area contributed by atoms with Crippen LogP contribution in [-0.4, -0.2) is 36.3 Å². The van der Waals surface area contributed by atoms with Gasteiger partial charge in [-0.2, -0.15) is 0 Å². The Morgan fingerprint density at radius 1 is 1.53 bits per heavy atom. The van der Waals surface area contributed by atoms with E-state index in [-0.39, 0.29) is 30.3 Å². The molecular weight excluding hydrogens is 334 g/mol. The molecule has 0 radical (unpaired) electrons. The number of halogens is 2. The van der Waals surface area contributed by atoms with E-state index in [0.29, 0.717) is 24.2 Å². The van der Waals surface area contributed by atoms with E-state index in [1.54, 1.807) is 30.1 Å². The molecule has 0 aromatic heterocycles. The van der Waals surface area contributed by atoms with Crippen LogP contribution in [-0.2, 0) is 4.79 Å². The maximum Gasteiger partial charge on any atom is 0.253 e. The quantitative estimate of drug-likeness (QED) is 0.794. The molecule has 1 aromatic rings. The summed E-state index contributed by atoms with van der Waals surface area (Å²) >= 11 is 3.29. The van der Waals surface area contributed by atoms with Crippen molar-refractivity contribution in [3.05, 3.63) is 28.2 Å². The smallest absolute Gasteiger partial charge is 0.253 e. The fourth-order valence-corrected chi connectivity index (χ4v) is 2.34. The van der Waals surface area contributed by atoms with Crippen molar-refractivity contribution in [3.8, 4) is 0 Å². The number of carbonyl (C=O) groups excluding carboxylic acids is 2. The minimum Gasteiger partial charge on any atom is -0.398 e. The number of nitrogens with zero attached hydrogens (tertiary/aromatic N) is 1. The van der Waals surface area contributed by atoms with E-state index in [2.05, 4.69) is 21.2 Å². The number of benzene rings is 1. The van der Waals surface area contributed by atoms with Gasteiger partial charge in [0.25, 0.3) is 5.91 Å². The van der Waals surface area contributed by atoms with Gasteiger partial charge in [-0.15, -0.1) is 12.4 Å². The zero-order valence-electron chi connectivity index (χ0n) is 10.4. The van der Waals surface area contributed by atoms with E-state index in [9.17, 15) is 9.59 Å². The van der Waals surface area contributed by atoms with Crippen molar-refractivity contribution < 1.29 is 9.59 Å². The van der Waals surface area contributed by atoms with Crippen LogP contribution in [0.1, 0.15) is 16.8 Å². The van der Waals surface area contributed by atoms with Gasteiger partial charge in [-0.05, 0) is 18.2 Å². The summed E-state index contributed by atoms with van der Waals surface area (Å²) in [7, 11) is 1.72. The van der Waals surface area contributed by atoms with Crippen molar-refractivity contribution >= 4 is 45.8 Å². The molecule has 1 aliphatic rings. The summed E-state index contributed by atoms with van der Waals surface area (Å²) in [4.78, 5) is 25.0. The van der Waals surface area contributed by atoms with Gasteiger partial charge in [-0.3, -0.25) is 9.59 Å². The number of nitrogens with one attached hydrogen (secondary N) is 1. The van der Waals surface area contributed by atoms with E-state index < -0.39 is 0 Å². The van der Waals surface area contributed by atoms with Crippen molar-refractivity contribution in [2.75, 3.05) is 19.3 Å². The average Bonchev–Trinajstić information content (AvgIpc) is 2.57. The molecule has 5 nitrogen and oxygen atoms in total. The third kappa shape index (κ3) is 3.61. The monoisotopic (exact) mass is 347 g/mol. The lowest BCUT2D eigenvalue weighted by Crippen LogP contribution is -2.36. The number of likely N-dealkylation sites (N-methyl/N-ethyl adjacent to an activating group) is 1. The topological polar surface area (TPSA) is 75.4 Å². The predicted molar refractivity (Wildman–Crippen MR) is 79.3 cm³/mol. The first-order chi connectivity index (χ1) is 8.47. The minimum atomic E-state index is -0.242. The summed E-state index contributed by atoms with van der Waals surface area (Å²) in [6, 6.07) is 4.96. The second-order valence-corrected chi connectivity index (χ2v) is 5.30. The highest BCUT2D eigenvalue weighted by molar-refractivity contribution is 9.10. The first-order valence-electron chi connectivity index (χ1n) is 5.57. The van der Waals surface area contributed by atoms with E-state index in [1.807, 2.05) is 0 Å². The summed E-state index contributed by atoms with van der Waals surface area (Å²) in [6.45, 7) is 0.543. The van der Waals surface area contributed by atoms with E-state index in [1.165, 1.54) is 0 Å². The number of nitrogens with two attached hydrogens (primary N) is 1. The normalized spacial score (nSPS) is 18.1. The summed E-state index contributed by atoms with van der Waals surface area (Å²) in [6.07, 6.45) is 0.346. The van der Waals surface area contributed by atoms with Gasteiger partial charge in [-0.1, -0.05) is 15.9 Å². The van der Waals surface area contributed by atoms with Gasteiger partial charge >= 0.3 is 0 Å². The van der Waals surface area contributed by atoms with Crippen LogP contribution in [0.4, 0.5) is 5.69 Å². The summed E-state index contributed by atoms with van der Waals surface area (Å²) in [5.41, 5.74) is 6.63. The standard InChI is InChI=1S/C12H14BrN3O2.ClH/c1-16-6-8(5-11(16)17)15-12(18)9-3-2-7(13)4-10(9)14;/h2-4,8H,5-6,14H2,1H3,(H,15,18);1H. The lowest BCUT2D eigenvalue weighted by atomic mass is 10.1. The first-order valence-corrected chi connectivity index (χ1v) is 6.36. The zero-order chi connectivity index (χ0) is 13.3. The van der Waals surface area contributed by atoms with Gasteiger partial charge in [0, 0.05) is 30.2 Å². The number of hydrogen-bond acceptors (Lipinski definition) is 3. The van der Waals surface area contributed by atoms with E-state index in [0.717, 1.165) is 4.47 Å². The maximum absolute atomic E-state index is 12.0. The van der Waals surface area contributed by atoms with Gasteiger partial charge in [0.05, 0.1) is 11.6 Å². The van der Waals surface area contributed by atoms with Gasteiger partial charge in [0.2, 0.25) is 5.91 Å². The minimum absolute atomic E-state index is 0. The number of likely N-dealkylation sites (tertiary alicyclic amines) is 1. The van der Waals surface area contributed by atoms with E-state index in [4.69, 9.17) is 5.73 Å². The molecule has 1 atom stereocenters. The van der Waals surface area contributed by atoms with Gasteiger partial charge in [0.1, 0.15) is 0 Å². The van der Waals surface area contributed by atoms with Gasteiger partial charge < -0.3 is 16.0 Å². The average molecular weight is 349 g/mol. The molecule has 1 unspecified atom stereocenters. The molecule has 1 saturated heterocycles. The molecule has 0 spiro atoms. The number of anilines is 1. The SMILES string of the molecule is CN1CC(NC(=O)c2ccc(Br)cc2N)CC1=O.Cl. The molecule has 2 amide bonds. The number of rotatable bonds is 2. The second kappa shape index (κ2) is 6.25. The Kier molecular flexibility index (Phi) is 5.20. The molecule has 7 heteroatoms. The molecule has 104 valence electrons. The van der Waals surface area contributed by atoms with Crippen LogP contribution in [0.25, 0.3) is 0 Å². The van der Waals surface area contributed by atoms with Crippen LogP contribution in [0.5, 0.6) is 0 Å². The summed E-state index contributed by atoms with van der Waals surface area (Å²) < 4.78 is 0.826. The van der Waals surface area contributed by atoms with Crippen LogP contribution in [0, 0.1) is 0 Å². The van der Waals surface area contributed by atoms with Crippen LogP contribution < -0.4 is 11.1 Å². The van der Waals surface area contributed by atoms with Gasteiger partial charge in [-0.25, -0.2) is 0 Å². The van der Waals surface area contributed by atoms with Crippen molar-refractivity contribution in [2.24, 2.45) is 0 Å². The fourth-order valence-electron chi connectivity index (χ4n) is 1.96. The molecule has 1 aliphatic heterocycles. The number of nitrogen functional groups attached to an aromatic ring is 1. The molecule has 1 aromatic carbocycles. The Morgan fingerprint density at radius 2 is 2.21 bits per heavy atom. The third-order valence-electron chi connectivity index (χ3n) is 2.93. The maximum atomic E-state index is 12.0. The molecule has 0 saturated carbocycles. The van der Waals surface area contributed by atoms with Crippen LogP contribution >= 0.6 is 28.3 Å². The lowest BCUT2D eigenvalue weighted by Gasteiger charge is -2.13. The highest BCUT2D eigenvalue weighted by atomic mass is 79.9. The van der Waals surface area contributed by atoms with Gasteiger partial charge in [0.15, 0.2) is 0 Å². The third-order valence-corrected chi connectivity index (χ3v) is 3.43. The van der Waals surface area contributed by atoms with Crippen molar-refractivity contribution in [3.63, 3.8) is 0 Å².